The fraction of sp³-hybridized carbons (Fsp3) is 0.118. The summed E-state index contributed by atoms with van der Waals surface area (Å²) in [4.78, 5) is 20.7. The molecule has 3 aromatic rings. The molecule has 0 fully saturated rings. The Kier molecular flexibility index (Phi) is 4.61. The largest absolute Gasteiger partial charge is 0.299 e. The second-order valence-corrected chi connectivity index (χ2v) is 6.20. The summed E-state index contributed by atoms with van der Waals surface area (Å²) >= 11 is 7.59. The summed E-state index contributed by atoms with van der Waals surface area (Å²) in [7, 11) is 0. The molecule has 1 aromatic carbocycles. The van der Waals surface area contributed by atoms with Crippen LogP contribution in [0.15, 0.2) is 54.2 Å². The lowest BCUT2D eigenvalue weighted by Crippen LogP contribution is -2.06. The van der Waals surface area contributed by atoms with E-state index in [9.17, 15) is 4.79 Å². The monoisotopic (exact) mass is 328 g/mol. The van der Waals surface area contributed by atoms with Gasteiger partial charge in [0.05, 0.1) is 12.1 Å². The third-order valence-electron chi connectivity index (χ3n) is 3.22. The Bertz CT molecular complexity index is 786. The van der Waals surface area contributed by atoms with Gasteiger partial charge in [-0.25, -0.2) is 4.98 Å². The van der Waals surface area contributed by atoms with Crippen molar-refractivity contribution in [3.8, 4) is 11.3 Å². The van der Waals surface area contributed by atoms with Crippen LogP contribution in [0.1, 0.15) is 10.6 Å². The second kappa shape index (κ2) is 6.81. The zero-order valence-electron chi connectivity index (χ0n) is 11.7. The number of hydrogen-bond acceptors (Lipinski definition) is 4. The summed E-state index contributed by atoms with van der Waals surface area (Å²) in [6.07, 6.45) is 4.14. The predicted molar refractivity (Wildman–Crippen MR) is 89.2 cm³/mol. The molecule has 5 heteroatoms. The number of benzene rings is 1. The van der Waals surface area contributed by atoms with Gasteiger partial charge < -0.3 is 0 Å². The van der Waals surface area contributed by atoms with Crippen molar-refractivity contribution in [1.82, 2.24) is 9.97 Å². The van der Waals surface area contributed by atoms with Crippen molar-refractivity contribution < 1.29 is 4.79 Å². The second-order valence-electron chi connectivity index (χ2n) is 4.85. The highest BCUT2D eigenvalue weighted by Gasteiger charge is 2.11. The maximum absolute atomic E-state index is 12.2. The number of carbonyl (C=O) groups excluding carboxylic acids is 1. The summed E-state index contributed by atoms with van der Waals surface area (Å²) in [5.74, 6) is 0.115. The Balaban J connectivity index is 1.68. The number of carbonyl (C=O) groups is 1. The van der Waals surface area contributed by atoms with E-state index in [1.54, 1.807) is 18.5 Å². The molecule has 0 aliphatic rings. The Morgan fingerprint density at radius 3 is 2.64 bits per heavy atom. The molecule has 0 saturated carbocycles. The lowest BCUT2D eigenvalue weighted by molar-refractivity contribution is -0.117. The van der Waals surface area contributed by atoms with Gasteiger partial charge in [-0.3, -0.25) is 9.78 Å². The number of aromatic nitrogens is 2. The van der Waals surface area contributed by atoms with Gasteiger partial charge in [-0.1, -0.05) is 29.8 Å². The van der Waals surface area contributed by atoms with Gasteiger partial charge in [-0.15, -0.1) is 11.3 Å². The minimum absolute atomic E-state index is 0.115. The van der Waals surface area contributed by atoms with E-state index in [4.69, 9.17) is 11.6 Å². The molecule has 22 heavy (non-hydrogen) atoms. The van der Waals surface area contributed by atoms with Crippen molar-refractivity contribution in [2.45, 2.75) is 12.8 Å². The van der Waals surface area contributed by atoms with Crippen LogP contribution in [-0.2, 0) is 17.6 Å². The standard InChI is InChI=1S/C17H13ClN2OS/c18-15-4-2-1-3-13(15)9-14(21)10-17-20-16(11-22-17)12-5-7-19-8-6-12/h1-8,11H,9-10H2. The fourth-order valence-electron chi connectivity index (χ4n) is 2.13. The average Bonchev–Trinajstić information content (AvgIpc) is 2.99. The Morgan fingerprint density at radius 1 is 1.09 bits per heavy atom. The molecule has 0 atom stereocenters. The first kappa shape index (κ1) is 14.9. The zero-order valence-corrected chi connectivity index (χ0v) is 13.3. The van der Waals surface area contributed by atoms with Crippen molar-refractivity contribution in [1.29, 1.82) is 0 Å². The molecule has 0 saturated heterocycles. The van der Waals surface area contributed by atoms with Crippen LogP contribution >= 0.6 is 22.9 Å². The smallest absolute Gasteiger partial charge is 0.144 e. The van der Waals surface area contributed by atoms with E-state index in [-0.39, 0.29) is 5.78 Å². The van der Waals surface area contributed by atoms with Gasteiger partial charge in [-0.05, 0) is 23.8 Å². The van der Waals surface area contributed by atoms with E-state index in [2.05, 4.69) is 9.97 Å². The molecule has 0 radical (unpaired) electrons. The highest BCUT2D eigenvalue weighted by atomic mass is 35.5. The SMILES string of the molecule is O=C(Cc1nc(-c2ccncc2)cs1)Cc1ccccc1Cl. The Labute approximate surface area is 137 Å². The highest BCUT2D eigenvalue weighted by molar-refractivity contribution is 7.10. The predicted octanol–water partition coefficient (Wildman–Crippen LogP) is 4.21. The molecule has 2 heterocycles. The Hall–Kier alpha value is -2.04. The molecule has 0 bridgehead atoms. The molecule has 110 valence electrons. The molecule has 0 aliphatic heterocycles. The molecule has 3 nitrogen and oxygen atoms in total. The number of nitrogens with zero attached hydrogens (tertiary/aromatic N) is 2. The van der Waals surface area contributed by atoms with Gasteiger partial charge in [0.15, 0.2) is 0 Å². The van der Waals surface area contributed by atoms with Gasteiger partial charge >= 0.3 is 0 Å². The number of rotatable bonds is 5. The molecule has 3 rings (SSSR count). The van der Waals surface area contributed by atoms with Gasteiger partial charge in [0.25, 0.3) is 0 Å². The van der Waals surface area contributed by atoms with Crippen LogP contribution in [0.25, 0.3) is 11.3 Å². The first-order valence-electron chi connectivity index (χ1n) is 6.82. The molecule has 0 aliphatic carbocycles. The molecule has 2 aromatic heterocycles. The summed E-state index contributed by atoms with van der Waals surface area (Å²) < 4.78 is 0. The third kappa shape index (κ3) is 3.59. The Morgan fingerprint density at radius 2 is 1.86 bits per heavy atom. The minimum atomic E-state index is 0.115. The van der Waals surface area contributed by atoms with E-state index >= 15 is 0 Å². The van der Waals surface area contributed by atoms with Crippen LogP contribution in [0, 0.1) is 0 Å². The van der Waals surface area contributed by atoms with Crippen LogP contribution in [0.2, 0.25) is 5.02 Å². The van der Waals surface area contributed by atoms with Crippen molar-refractivity contribution in [3.05, 3.63) is 69.8 Å². The van der Waals surface area contributed by atoms with E-state index in [1.807, 2.05) is 35.7 Å². The molecular formula is C17H13ClN2OS. The maximum Gasteiger partial charge on any atom is 0.144 e. The summed E-state index contributed by atoms with van der Waals surface area (Å²) in [6, 6.07) is 11.2. The maximum atomic E-state index is 12.2. The number of thiazole rings is 1. The summed E-state index contributed by atoms with van der Waals surface area (Å²) in [6.45, 7) is 0. The fourth-order valence-corrected chi connectivity index (χ4v) is 3.17. The summed E-state index contributed by atoms with van der Waals surface area (Å²) in [5.41, 5.74) is 2.75. The van der Waals surface area contributed by atoms with Crippen LogP contribution in [0.4, 0.5) is 0 Å². The van der Waals surface area contributed by atoms with Gasteiger partial charge in [0, 0.05) is 34.8 Å². The number of Topliss-reactive ketones (excluding diaryl/α,β-unsaturated/α-hetero) is 1. The van der Waals surface area contributed by atoms with E-state index in [1.165, 1.54) is 11.3 Å². The third-order valence-corrected chi connectivity index (χ3v) is 4.44. The van der Waals surface area contributed by atoms with Crippen molar-refractivity contribution in [3.63, 3.8) is 0 Å². The average molecular weight is 329 g/mol. The normalized spacial score (nSPS) is 10.6. The molecule has 0 amide bonds. The summed E-state index contributed by atoms with van der Waals surface area (Å²) in [5, 5.41) is 3.42. The van der Waals surface area contributed by atoms with Crippen LogP contribution < -0.4 is 0 Å². The molecule has 0 N–H and O–H groups in total. The minimum Gasteiger partial charge on any atom is -0.299 e. The van der Waals surface area contributed by atoms with Crippen LogP contribution in [-0.4, -0.2) is 15.8 Å². The van der Waals surface area contributed by atoms with E-state index < -0.39 is 0 Å². The van der Waals surface area contributed by atoms with Crippen LogP contribution in [0.3, 0.4) is 0 Å². The van der Waals surface area contributed by atoms with Crippen molar-refractivity contribution in [2.24, 2.45) is 0 Å². The topological polar surface area (TPSA) is 42.9 Å². The first-order chi connectivity index (χ1) is 10.7. The number of hydrogen-bond donors (Lipinski definition) is 0. The van der Waals surface area contributed by atoms with E-state index in [0.717, 1.165) is 21.8 Å². The number of halogens is 1. The van der Waals surface area contributed by atoms with Gasteiger partial charge in [0.1, 0.15) is 10.8 Å². The van der Waals surface area contributed by atoms with Crippen LogP contribution in [0.5, 0.6) is 0 Å². The first-order valence-corrected chi connectivity index (χ1v) is 8.08. The van der Waals surface area contributed by atoms with Gasteiger partial charge in [0.2, 0.25) is 0 Å². The zero-order chi connectivity index (χ0) is 15.4. The van der Waals surface area contributed by atoms with Crippen molar-refractivity contribution in [2.75, 3.05) is 0 Å². The number of ketones is 1. The highest BCUT2D eigenvalue weighted by Crippen LogP contribution is 2.22. The van der Waals surface area contributed by atoms with E-state index in [0.29, 0.717) is 17.9 Å². The quantitative estimate of drug-likeness (QED) is 0.704. The number of pyridine rings is 1. The molecule has 0 spiro atoms. The lowest BCUT2D eigenvalue weighted by Gasteiger charge is -2.02. The van der Waals surface area contributed by atoms with Gasteiger partial charge in [-0.2, -0.15) is 0 Å². The molecule has 0 unspecified atom stereocenters. The lowest BCUT2D eigenvalue weighted by atomic mass is 10.1. The van der Waals surface area contributed by atoms with Crippen molar-refractivity contribution >= 4 is 28.7 Å². The molecular weight excluding hydrogens is 316 g/mol.